The van der Waals surface area contributed by atoms with E-state index < -0.39 is 6.36 Å². The summed E-state index contributed by atoms with van der Waals surface area (Å²) < 4.78 is 39.8. The maximum Gasteiger partial charge on any atom is 0.573 e. The Morgan fingerprint density at radius 3 is 2.48 bits per heavy atom. The lowest BCUT2D eigenvalue weighted by Crippen LogP contribution is -2.28. The smallest absolute Gasteiger partial charge is 0.406 e. The maximum atomic E-state index is 12.0. The number of hydrogen-bond donors (Lipinski definition) is 1. The molecule has 1 saturated carbocycles. The standard InChI is InChI=1S/C14H15ClF3NO2/c15-11-4-1-9(7-11)8-19-13(20)10-2-5-12(6-3-10)21-14(16,17)18/h2-3,5-6,9,11H,1,4,7-8H2,(H,19,20). The van der Waals surface area contributed by atoms with Crippen LogP contribution in [0, 0.1) is 5.92 Å². The van der Waals surface area contributed by atoms with E-state index in [2.05, 4.69) is 10.1 Å². The summed E-state index contributed by atoms with van der Waals surface area (Å²) >= 11 is 5.99. The van der Waals surface area contributed by atoms with E-state index in [1.54, 1.807) is 0 Å². The fourth-order valence-electron chi connectivity index (χ4n) is 2.35. The number of amides is 1. The van der Waals surface area contributed by atoms with E-state index in [0.29, 0.717) is 18.0 Å². The van der Waals surface area contributed by atoms with Crippen molar-refractivity contribution in [2.24, 2.45) is 5.92 Å². The first kappa shape index (κ1) is 15.9. The normalized spacial score (nSPS) is 22.1. The molecule has 2 atom stereocenters. The molecule has 0 heterocycles. The van der Waals surface area contributed by atoms with E-state index in [1.807, 2.05) is 0 Å². The van der Waals surface area contributed by atoms with Gasteiger partial charge in [0.15, 0.2) is 0 Å². The van der Waals surface area contributed by atoms with E-state index in [9.17, 15) is 18.0 Å². The summed E-state index contributed by atoms with van der Waals surface area (Å²) in [5.41, 5.74) is 0.296. The molecule has 0 saturated heterocycles. The summed E-state index contributed by atoms with van der Waals surface area (Å²) in [4.78, 5) is 11.9. The van der Waals surface area contributed by atoms with Crippen molar-refractivity contribution in [3.8, 4) is 5.75 Å². The lowest BCUT2D eigenvalue weighted by atomic mass is 10.1. The van der Waals surface area contributed by atoms with E-state index in [4.69, 9.17) is 11.6 Å². The van der Waals surface area contributed by atoms with Crippen LogP contribution in [0.15, 0.2) is 24.3 Å². The van der Waals surface area contributed by atoms with Crippen molar-refractivity contribution in [3.63, 3.8) is 0 Å². The predicted octanol–water partition coefficient (Wildman–Crippen LogP) is 3.72. The summed E-state index contributed by atoms with van der Waals surface area (Å²) in [5, 5.41) is 2.94. The molecule has 1 amide bonds. The summed E-state index contributed by atoms with van der Waals surface area (Å²) in [5.74, 6) is -0.296. The molecule has 2 unspecified atom stereocenters. The number of ether oxygens (including phenoxy) is 1. The molecule has 2 rings (SSSR count). The highest BCUT2D eigenvalue weighted by molar-refractivity contribution is 6.20. The lowest BCUT2D eigenvalue weighted by molar-refractivity contribution is -0.274. The fraction of sp³-hybridized carbons (Fsp3) is 0.500. The molecule has 0 radical (unpaired) electrons. The third kappa shape index (κ3) is 5.12. The van der Waals surface area contributed by atoms with Crippen molar-refractivity contribution in [3.05, 3.63) is 29.8 Å². The van der Waals surface area contributed by atoms with Gasteiger partial charge in [0.25, 0.3) is 5.91 Å². The summed E-state index contributed by atoms with van der Waals surface area (Å²) in [6.07, 6.45) is -1.93. The molecule has 3 nitrogen and oxygen atoms in total. The Labute approximate surface area is 125 Å². The third-order valence-corrected chi connectivity index (χ3v) is 3.78. The van der Waals surface area contributed by atoms with Crippen LogP contribution < -0.4 is 10.1 Å². The van der Waals surface area contributed by atoms with Crippen molar-refractivity contribution in [1.82, 2.24) is 5.32 Å². The number of alkyl halides is 4. The molecule has 0 aromatic heterocycles. The van der Waals surface area contributed by atoms with Gasteiger partial charge in [-0.1, -0.05) is 0 Å². The van der Waals surface area contributed by atoms with Crippen LogP contribution in [0.2, 0.25) is 0 Å². The molecular formula is C14H15ClF3NO2. The molecule has 1 aromatic carbocycles. The van der Waals surface area contributed by atoms with Crippen LogP contribution >= 0.6 is 11.6 Å². The molecular weight excluding hydrogens is 307 g/mol. The van der Waals surface area contributed by atoms with E-state index >= 15 is 0 Å². The molecule has 1 aliphatic rings. The highest BCUT2D eigenvalue weighted by Gasteiger charge is 2.31. The first-order chi connectivity index (χ1) is 9.83. The highest BCUT2D eigenvalue weighted by Crippen LogP contribution is 2.28. The highest BCUT2D eigenvalue weighted by atomic mass is 35.5. The van der Waals surface area contributed by atoms with Crippen LogP contribution in [0.4, 0.5) is 13.2 Å². The number of carbonyl (C=O) groups is 1. The topological polar surface area (TPSA) is 38.3 Å². The zero-order valence-electron chi connectivity index (χ0n) is 11.1. The van der Waals surface area contributed by atoms with Crippen LogP contribution in [0.1, 0.15) is 29.6 Å². The molecule has 1 aliphatic carbocycles. The Balaban J connectivity index is 1.85. The van der Waals surface area contributed by atoms with E-state index in [-0.39, 0.29) is 17.0 Å². The summed E-state index contributed by atoms with van der Waals surface area (Å²) in [6.45, 7) is 0.531. The van der Waals surface area contributed by atoms with Gasteiger partial charge in [-0.15, -0.1) is 24.8 Å². The van der Waals surface area contributed by atoms with E-state index in [0.717, 1.165) is 31.4 Å². The zero-order valence-corrected chi connectivity index (χ0v) is 11.9. The molecule has 7 heteroatoms. The minimum Gasteiger partial charge on any atom is -0.406 e. The van der Waals surface area contributed by atoms with Crippen LogP contribution in [0.5, 0.6) is 5.75 Å². The second-order valence-corrected chi connectivity index (χ2v) is 5.68. The van der Waals surface area contributed by atoms with Gasteiger partial charge in [-0.05, 0) is 49.4 Å². The second kappa shape index (κ2) is 6.56. The van der Waals surface area contributed by atoms with Crippen LogP contribution in [-0.4, -0.2) is 24.2 Å². The minimum atomic E-state index is -4.73. The SMILES string of the molecule is O=C(NCC1CCC(Cl)C1)c1ccc(OC(F)(F)F)cc1. The molecule has 0 bridgehead atoms. The van der Waals surface area contributed by atoms with Crippen molar-refractivity contribution in [1.29, 1.82) is 0 Å². The van der Waals surface area contributed by atoms with Crippen LogP contribution in [0.25, 0.3) is 0 Å². The van der Waals surface area contributed by atoms with Gasteiger partial charge in [-0.3, -0.25) is 4.79 Å². The Bertz CT molecular complexity index is 490. The van der Waals surface area contributed by atoms with Gasteiger partial charge in [0.2, 0.25) is 0 Å². The molecule has 0 spiro atoms. The molecule has 1 fully saturated rings. The quantitative estimate of drug-likeness (QED) is 0.858. The number of carbonyl (C=O) groups excluding carboxylic acids is 1. The van der Waals surface area contributed by atoms with Gasteiger partial charge in [0.05, 0.1) is 0 Å². The van der Waals surface area contributed by atoms with Crippen molar-refractivity contribution in [2.45, 2.75) is 31.0 Å². The number of nitrogens with one attached hydrogen (secondary N) is 1. The maximum absolute atomic E-state index is 12.0. The number of hydrogen-bond acceptors (Lipinski definition) is 2. The van der Waals surface area contributed by atoms with Gasteiger partial charge in [-0.25, -0.2) is 0 Å². The van der Waals surface area contributed by atoms with Crippen LogP contribution in [0.3, 0.4) is 0 Å². The Kier molecular flexibility index (Phi) is 4.98. The molecule has 21 heavy (non-hydrogen) atoms. The largest absolute Gasteiger partial charge is 0.573 e. The molecule has 0 aliphatic heterocycles. The van der Waals surface area contributed by atoms with Crippen molar-refractivity contribution < 1.29 is 22.7 Å². The van der Waals surface area contributed by atoms with Crippen molar-refractivity contribution >= 4 is 17.5 Å². The van der Waals surface area contributed by atoms with Gasteiger partial charge in [0.1, 0.15) is 5.75 Å². The van der Waals surface area contributed by atoms with E-state index in [1.165, 1.54) is 12.1 Å². The first-order valence-corrected chi connectivity index (χ1v) is 7.05. The average molecular weight is 322 g/mol. The van der Waals surface area contributed by atoms with Gasteiger partial charge in [0, 0.05) is 17.5 Å². The zero-order chi connectivity index (χ0) is 15.5. The van der Waals surface area contributed by atoms with Gasteiger partial charge in [-0.2, -0.15) is 0 Å². The summed E-state index contributed by atoms with van der Waals surface area (Å²) in [7, 11) is 0. The third-order valence-electron chi connectivity index (χ3n) is 3.38. The number of rotatable bonds is 4. The molecule has 1 N–H and O–H groups in total. The minimum absolute atomic E-state index is 0.172. The Morgan fingerprint density at radius 1 is 1.29 bits per heavy atom. The monoisotopic (exact) mass is 321 g/mol. The number of halogens is 4. The Hall–Kier alpha value is -1.43. The fourth-order valence-corrected chi connectivity index (χ4v) is 2.72. The first-order valence-electron chi connectivity index (χ1n) is 6.61. The van der Waals surface area contributed by atoms with Gasteiger partial charge >= 0.3 is 6.36 Å². The lowest BCUT2D eigenvalue weighted by Gasteiger charge is -2.12. The molecule has 116 valence electrons. The van der Waals surface area contributed by atoms with Gasteiger partial charge < -0.3 is 10.1 Å². The van der Waals surface area contributed by atoms with Crippen molar-refractivity contribution in [2.75, 3.05) is 6.54 Å². The summed E-state index contributed by atoms with van der Waals surface area (Å²) in [6, 6.07) is 4.84. The second-order valence-electron chi connectivity index (χ2n) is 5.06. The predicted molar refractivity (Wildman–Crippen MR) is 72.4 cm³/mol. The Morgan fingerprint density at radius 2 is 1.95 bits per heavy atom. The van der Waals surface area contributed by atoms with Crippen LogP contribution in [-0.2, 0) is 0 Å². The average Bonchev–Trinajstić information content (AvgIpc) is 2.81. The number of benzene rings is 1. The molecule has 1 aromatic rings.